The SMILES string of the molecule is CCCC1CCC(NC)C(N(C)CC2CCC2)C1. The molecular formula is C16H32N2. The highest BCUT2D eigenvalue weighted by atomic mass is 15.2. The summed E-state index contributed by atoms with van der Waals surface area (Å²) in [5.41, 5.74) is 0. The second kappa shape index (κ2) is 6.91. The normalized spacial score (nSPS) is 33.7. The molecule has 2 aliphatic rings. The molecule has 0 spiro atoms. The highest BCUT2D eigenvalue weighted by molar-refractivity contribution is 4.90. The molecule has 0 aliphatic heterocycles. The third-order valence-electron chi connectivity index (χ3n) is 5.33. The number of nitrogens with one attached hydrogen (secondary N) is 1. The van der Waals surface area contributed by atoms with Gasteiger partial charge in [0, 0.05) is 18.6 Å². The summed E-state index contributed by atoms with van der Waals surface area (Å²) in [6.45, 7) is 3.67. The Kier molecular flexibility index (Phi) is 5.50. The predicted octanol–water partition coefficient (Wildman–Crippen LogP) is 3.28. The minimum Gasteiger partial charge on any atom is -0.315 e. The zero-order valence-corrected chi connectivity index (χ0v) is 12.6. The average Bonchev–Trinajstić information content (AvgIpc) is 2.34. The van der Waals surface area contributed by atoms with E-state index in [0.29, 0.717) is 0 Å². The molecular weight excluding hydrogens is 220 g/mol. The Hall–Kier alpha value is -0.0800. The summed E-state index contributed by atoms with van der Waals surface area (Å²) >= 11 is 0. The first kappa shape index (κ1) is 14.3. The van der Waals surface area contributed by atoms with Crippen LogP contribution >= 0.6 is 0 Å². The lowest BCUT2D eigenvalue weighted by Crippen LogP contribution is -2.52. The molecule has 0 aromatic carbocycles. The monoisotopic (exact) mass is 252 g/mol. The number of hydrogen-bond donors (Lipinski definition) is 1. The van der Waals surface area contributed by atoms with Gasteiger partial charge in [0.25, 0.3) is 0 Å². The first-order valence-electron chi connectivity index (χ1n) is 8.12. The van der Waals surface area contributed by atoms with Crippen molar-refractivity contribution in [1.29, 1.82) is 0 Å². The summed E-state index contributed by atoms with van der Waals surface area (Å²) in [4.78, 5) is 2.67. The molecule has 0 aromatic rings. The van der Waals surface area contributed by atoms with Gasteiger partial charge in [-0.3, -0.25) is 0 Å². The maximum absolute atomic E-state index is 3.57. The third-order valence-corrected chi connectivity index (χ3v) is 5.33. The van der Waals surface area contributed by atoms with Crippen LogP contribution < -0.4 is 5.32 Å². The van der Waals surface area contributed by atoms with Crippen LogP contribution in [0, 0.1) is 11.8 Å². The highest BCUT2D eigenvalue weighted by Crippen LogP contribution is 2.33. The van der Waals surface area contributed by atoms with Gasteiger partial charge in [0.05, 0.1) is 0 Å². The van der Waals surface area contributed by atoms with Gasteiger partial charge in [0.2, 0.25) is 0 Å². The smallest absolute Gasteiger partial charge is 0.0248 e. The van der Waals surface area contributed by atoms with E-state index < -0.39 is 0 Å². The van der Waals surface area contributed by atoms with Crippen LogP contribution in [-0.4, -0.2) is 37.6 Å². The zero-order valence-electron chi connectivity index (χ0n) is 12.6. The third kappa shape index (κ3) is 3.48. The number of rotatable bonds is 6. The van der Waals surface area contributed by atoms with Crippen molar-refractivity contribution in [3.05, 3.63) is 0 Å². The van der Waals surface area contributed by atoms with Gasteiger partial charge in [-0.2, -0.15) is 0 Å². The summed E-state index contributed by atoms with van der Waals surface area (Å²) in [5, 5.41) is 3.57. The predicted molar refractivity (Wildman–Crippen MR) is 78.9 cm³/mol. The second-order valence-electron chi connectivity index (χ2n) is 6.67. The summed E-state index contributed by atoms with van der Waals surface area (Å²) in [7, 11) is 4.51. The van der Waals surface area contributed by atoms with Crippen LogP contribution in [0.3, 0.4) is 0 Å². The Labute approximate surface area is 114 Å². The highest BCUT2D eigenvalue weighted by Gasteiger charge is 2.33. The van der Waals surface area contributed by atoms with Crippen molar-refractivity contribution >= 4 is 0 Å². The van der Waals surface area contributed by atoms with Crippen LogP contribution in [-0.2, 0) is 0 Å². The van der Waals surface area contributed by atoms with E-state index in [1.54, 1.807) is 0 Å². The molecule has 18 heavy (non-hydrogen) atoms. The minimum absolute atomic E-state index is 0.725. The zero-order chi connectivity index (χ0) is 13.0. The Morgan fingerprint density at radius 1 is 1.11 bits per heavy atom. The van der Waals surface area contributed by atoms with E-state index in [9.17, 15) is 0 Å². The van der Waals surface area contributed by atoms with Crippen molar-refractivity contribution in [1.82, 2.24) is 10.2 Å². The molecule has 2 fully saturated rings. The molecule has 2 rings (SSSR count). The van der Waals surface area contributed by atoms with Gasteiger partial charge in [-0.05, 0) is 58.0 Å². The molecule has 2 aliphatic carbocycles. The largest absolute Gasteiger partial charge is 0.315 e. The molecule has 0 bridgehead atoms. The Morgan fingerprint density at radius 3 is 2.44 bits per heavy atom. The molecule has 1 N–H and O–H groups in total. The molecule has 0 radical (unpaired) electrons. The summed E-state index contributed by atoms with van der Waals surface area (Å²) in [6, 6.07) is 1.50. The van der Waals surface area contributed by atoms with Crippen molar-refractivity contribution in [2.24, 2.45) is 11.8 Å². The van der Waals surface area contributed by atoms with Crippen molar-refractivity contribution < 1.29 is 0 Å². The van der Waals surface area contributed by atoms with Gasteiger partial charge in [0.1, 0.15) is 0 Å². The number of likely N-dealkylation sites (N-methyl/N-ethyl adjacent to an activating group) is 2. The molecule has 3 atom stereocenters. The van der Waals surface area contributed by atoms with Gasteiger partial charge >= 0.3 is 0 Å². The molecule has 0 saturated heterocycles. The molecule has 2 nitrogen and oxygen atoms in total. The van der Waals surface area contributed by atoms with Crippen molar-refractivity contribution in [2.45, 2.75) is 70.4 Å². The molecule has 106 valence electrons. The van der Waals surface area contributed by atoms with Gasteiger partial charge in [-0.25, -0.2) is 0 Å². The van der Waals surface area contributed by atoms with Gasteiger partial charge in [-0.1, -0.05) is 26.2 Å². The van der Waals surface area contributed by atoms with E-state index in [1.165, 1.54) is 57.9 Å². The number of nitrogens with zero attached hydrogens (tertiary/aromatic N) is 1. The van der Waals surface area contributed by atoms with Gasteiger partial charge in [-0.15, -0.1) is 0 Å². The lowest BCUT2D eigenvalue weighted by molar-refractivity contribution is 0.0895. The van der Waals surface area contributed by atoms with Crippen molar-refractivity contribution in [2.75, 3.05) is 20.6 Å². The van der Waals surface area contributed by atoms with E-state index >= 15 is 0 Å². The van der Waals surface area contributed by atoms with Crippen molar-refractivity contribution in [3.63, 3.8) is 0 Å². The van der Waals surface area contributed by atoms with E-state index in [0.717, 1.165) is 23.9 Å². The topological polar surface area (TPSA) is 15.3 Å². The molecule has 3 unspecified atom stereocenters. The summed E-state index contributed by atoms with van der Waals surface area (Å²) < 4.78 is 0. The fourth-order valence-electron chi connectivity index (χ4n) is 3.94. The lowest BCUT2D eigenvalue weighted by Gasteiger charge is -2.43. The van der Waals surface area contributed by atoms with Crippen LogP contribution in [0.25, 0.3) is 0 Å². The first-order chi connectivity index (χ1) is 8.74. The molecule has 0 heterocycles. The van der Waals surface area contributed by atoms with Crippen LogP contribution in [0.5, 0.6) is 0 Å². The fourth-order valence-corrected chi connectivity index (χ4v) is 3.94. The Morgan fingerprint density at radius 2 is 1.89 bits per heavy atom. The van der Waals surface area contributed by atoms with E-state index in [-0.39, 0.29) is 0 Å². The van der Waals surface area contributed by atoms with Gasteiger partial charge in [0.15, 0.2) is 0 Å². The second-order valence-corrected chi connectivity index (χ2v) is 6.67. The van der Waals surface area contributed by atoms with Crippen LogP contribution in [0.4, 0.5) is 0 Å². The standard InChI is InChI=1S/C16H32N2/c1-4-6-13-9-10-15(17-2)16(11-13)18(3)12-14-7-5-8-14/h13-17H,4-12H2,1-3H3. The molecule has 2 saturated carbocycles. The summed E-state index contributed by atoms with van der Waals surface area (Å²) in [6.07, 6.45) is 11.4. The van der Waals surface area contributed by atoms with Crippen molar-refractivity contribution in [3.8, 4) is 0 Å². The minimum atomic E-state index is 0.725. The molecule has 0 amide bonds. The molecule has 2 heteroatoms. The van der Waals surface area contributed by atoms with Crippen LogP contribution in [0.1, 0.15) is 58.3 Å². The van der Waals surface area contributed by atoms with E-state index in [2.05, 4.69) is 31.2 Å². The number of hydrogen-bond acceptors (Lipinski definition) is 2. The molecule has 0 aromatic heterocycles. The fraction of sp³-hybridized carbons (Fsp3) is 1.00. The quantitative estimate of drug-likeness (QED) is 0.780. The van der Waals surface area contributed by atoms with Crippen LogP contribution in [0.15, 0.2) is 0 Å². The summed E-state index contributed by atoms with van der Waals surface area (Å²) in [5.74, 6) is 1.98. The van der Waals surface area contributed by atoms with Gasteiger partial charge < -0.3 is 10.2 Å². The van der Waals surface area contributed by atoms with E-state index in [4.69, 9.17) is 0 Å². The maximum Gasteiger partial charge on any atom is 0.0248 e. The van der Waals surface area contributed by atoms with E-state index in [1.807, 2.05) is 0 Å². The lowest BCUT2D eigenvalue weighted by atomic mass is 9.78. The Bertz CT molecular complexity index is 237. The van der Waals surface area contributed by atoms with Crippen LogP contribution in [0.2, 0.25) is 0 Å². The maximum atomic E-state index is 3.57. The first-order valence-corrected chi connectivity index (χ1v) is 8.12. The average molecular weight is 252 g/mol. The Balaban J connectivity index is 1.87.